The summed E-state index contributed by atoms with van der Waals surface area (Å²) in [6.45, 7) is 3.72. The third-order valence-corrected chi connectivity index (χ3v) is 7.43. The van der Waals surface area contributed by atoms with Gasteiger partial charge in [0.1, 0.15) is 17.3 Å². The molecule has 0 amide bonds. The van der Waals surface area contributed by atoms with Crippen molar-refractivity contribution in [2.45, 2.75) is 19.9 Å². The molecule has 0 N–H and O–H groups in total. The van der Waals surface area contributed by atoms with E-state index in [2.05, 4.69) is 20.9 Å². The lowest BCUT2D eigenvalue weighted by atomic mass is 9.96. The van der Waals surface area contributed by atoms with E-state index in [0.717, 1.165) is 15.6 Å². The zero-order valence-corrected chi connectivity index (χ0v) is 22.8. The number of aromatic nitrogens is 1. The third kappa shape index (κ3) is 4.84. The summed E-state index contributed by atoms with van der Waals surface area (Å²) in [6, 6.07) is 18.1. The van der Waals surface area contributed by atoms with Crippen LogP contribution in [0.4, 0.5) is 0 Å². The first kappa shape index (κ1) is 25.0. The van der Waals surface area contributed by atoms with Crippen LogP contribution in [0.5, 0.6) is 5.75 Å². The SMILES string of the molecule is CCOC(=O)C1=C(C)N=c2s/c(=C\c3ccc(-c4cccc(Br)c4)o3)c(=O)n2[C@H]1c1ccc(OC)cc1. The molecular formula is C28H23BrN2O5S. The molecule has 0 saturated carbocycles. The Bertz CT molecular complexity index is 1700. The van der Waals surface area contributed by atoms with E-state index in [1.807, 2.05) is 48.5 Å². The van der Waals surface area contributed by atoms with Gasteiger partial charge in [0.15, 0.2) is 4.80 Å². The third-order valence-electron chi connectivity index (χ3n) is 5.96. The van der Waals surface area contributed by atoms with E-state index >= 15 is 0 Å². The van der Waals surface area contributed by atoms with Gasteiger partial charge in [0.25, 0.3) is 5.56 Å². The lowest BCUT2D eigenvalue weighted by Crippen LogP contribution is -2.39. The smallest absolute Gasteiger partial charge is 0.338 e. The molecule has 1 atom stereocenters. The van der Waals surface area contributed by atoms with Crippen LogP contribution in [0, 0.1) is 0 Å². The van der Waals surface area contributed by atoms with Crippen LogP contribution in [0.25, 0.3) is 17.4 Å². The Morgan fingerprint density at radius 2 is 1.97 bits per heavy atom. The first-order valence-electron chi connectivity index (χ1n) is 11.6. The average Bonchev–Trinajstić information content (AvgIpc) is 3.48. The van der Waals surface area contributed by atoms with Crippen LogP contribution < -0.4 is 19.6 Å². The highest BCUT2D eigenvalue weighted by Crippen LogP contribution is 2.31. The number of fused-ring (bicyclic) bond motifs is 1. The summed E-state index contributed by atoms with van der Waals surface area (Å²) in [6.07, 6.45) is 1.71. The van der Waals surface area contributed by atoms with Gasteiger partial charge >= 0.3 is 5.97 Å². The van der Waals surface area contributed by atoms with Gasteiger partial charge in [0.2, 0.25) is 0 Å². The second kappa shape index (κ2) is 10.4. The highest BCUT2D eigenvalue weighted by molar-refractivity contribution is 9.10. The monoisotopic (exact) mass is 578 g/mol. The Hall–Kier alpha value is -3.69. The van der Waals surface area contributed by atoms with Gasteiger partial charge in [-0.1, -0.05) is 51.5 Å². The molecule has 7 nitrogen and oxygen atoms in total. The molecule has 0 fully saturated rings. The number of esters is 1. The summed E-state index contributed by atoms with van der Waals surface area (Å²) < 4.78 is 19.6. The van der Waals surface area contributed by atoms with Gasteiger partial charge in [-0.15, -0.1) is 0 Å². The zero-order chi connectivity index (χ0) is 26.1. The van der Waals surface area contributed by atoms with Crippen LogP contribution >= 0.6 is 27.3 Å². The molecule has 188 valence electrons. The number of hydrogen-bond acceptors (Lipinski definition) is 7. The molecule has 0 unspecified atom stereocenters. The lowest BCUT2D eigenvalue weighted by molar-refractivity contribution is -0.139. The quantitative estimate of drug-likeness (QED) is 0.306. The minimum atomic E-state index is -0.683. The Labute approximate surface area is 225 Å². The van der Waals surface area contributed by atoms with E-state index in [0.29, 0.717) is 37.9 Å². The number of carbonyl (C=O) groups excluding carboxylic acids is 1. The van der Waals surface area contributed by atoms with Crippen LogP contribution in [0.3, 0.4) is 0 Å². The fraction of sp³-hybridized carbons (Fsp3) is 0.179. The molecule has 3 heterocycles. The van der Waals surface area contributed by atoms with Crippen molar-refractivity contribution in [2.75, 3.05) is 13.7 Å². The summed E-state index contributed by atoms with van der Waals surface area (Å²) in [4.78, 5) is 31.8. The maximum atomic E-state index is 13.7. The second-order valence-corrected chi connectivity index (χ2v) is 10.2. The van der Waals surface area contributed by atoms with E-state index in [4.69, 9.17) is 13.9 Å². The van der Waals surface area contributed by atoms with Crippen molar-refractivity contribution in [3.63, 3.8) is 0 Å². The molecule has 0 aliphatic carbocycles. The summed E-state index contributed by atoms with van der Waals surface area (Å²) in [7, 11) is 1.59. The number of benzene rings is 2. The van der Waals surface area contributed by atoms with Gasteiger partial charge in [0.05, 0.1) is 35.6 Å². The Morgan fingerprint density at radius 3 is 2.68 bits per heavy atom. The van der Waals surface area contributed by atoms with E-state index in [1.165, 1.54) is 11.3 Å². The number of allylic oxidation sites excluding steroid dienone is 1. The summed E-state index contributed by atoms with van der Waals surface area (Å²) >= 11 is 4.73. The van der Waals surface area contributed by atoms with Gasteiger partial charge in [-0.3, -0.25) is 9.36 Å². The standard InChI is InChI=1S/C28H23BrN2O5S/c1-4-35-27(33)24-16(2)30-28-31(25(24)17-8-10-20(34-3)11-9-17)26(32)23(37-28)15-21-12-13-22(36-21)18-6-5-7-19(29)14-18/h5-15,25H,4H2,1-3H3/b23-15-/t25-/m0/s1. The fourth-order valence-electron chi connectivity index (χ4n) is 4.25. The number of thiazole rings is 1. The van der Waals surface area contributed by atoms with Crippen LogP contribution in [0.2, 0.25) is 0 Å². The van der Waals surface area contributed by atoms with Crippen molar-refractivity contribution in [3.05, 3.63) is 107 Å². The number of rotatable bonds is 6. The normalized spacial score (nSPS) is 15.4. The van der Waals surface area contributed by atoms with Crippen LogP contribution in [-0.4, -0.2) is 24.3 Å². The maximum absolute atomic E-state index is 13.7. The molecule has 2 aromatic heterocycles. The first-order valence-corrected chi connectivity index (χ1v) is 13.2. The summed E-state index contributed by atoms with van der Waals surface area (Å²) in [5.74, 6) is 1.41. The van der Waals surface area contributed by atoms with Crippen molar-refractivity contribution in [1.29, 1.82) is 0 Å². The highest BCUT2D eigenvalue weighted by atomic mass is 79.9. The molecule has 0 saturated heterocycles. The number of carbonyl (C=O) groups is 1. The Kier molecular flexibility index (Phi) is 6.99. The molecular weight excluding hydrogens is 556 g/mol. The molecule has 5 rings (SSSR count). The van der Waals surface area contributed by atoms with Crippen LogP contribution in [0.15, 0.2) is 90.6 Å². The molecule has 0 bridgehead atoms. The molecule has 1 aliphatic rings. The molecule has 4 aromatic rings. The van der Waals surface area contributed by atoms with Gasteiger partial charge in [-0.05, 0) is 55.8 Å². The number of furan rings is 1. The van der Waals surface area contributed by atoms with Gasteiger partial charge in [0, 0.05) is 16.1 Å². The molecule has 37 heavy (non-hydrogen) atoms. The second-order valence-electron chi connectivity index (χ2n) is 8.29. The first-order chi connectivity index (χ1) is 17.9. The number of nitrogens with zero attached hydrogens (tertiary/aromatic N) is 2. The molecule has 0 radical (unpaired) electrons. The highest BCUT2D eigenvalue weighted by Gasteiger charge is 2.33. The molecule has 1 aliphatic heterocycles. The van der Waals surface area contributed by atoms with E-state index < -0.39 is 12.0 Å². The Balaban J connectivity index is 1.63. The number of ether oxygens (including phenoxy) is 2. The van der Waals surface area contributed by atoms with Gasteiger partial charge < -0.3 is 13.9 Å². The van der Waals surface area contributed by atoms with E-state index in [9.17, 15) is 9.59 Å². The molecule has 2 aromatic carbocycles. The zero-order valence-electron chi connectivity index (χ0n) is 20.4. The molecule has 0 spiro atoms. The van der Waals surface area contributed by atoms with E-state index in [-0.39, 0.29) is 12.2 Å². The summed E-state index contributed by atoms with van der Waals surface area (Å²) in [5, 5.41) is 0. The predicted octanol–water partition coefficient (Wildman–Crippen LogP) is 4.83. The van der Waals surface area contributed by atoms with Crippen LogP contribution in [-0.2, 0) is 9.53 Å². The van der Waals surface area contributed by atoms with Crippen molar-refractivity contribution in [3.8, 4) is 17.1 Å². The maximum Gasteiger partial charge on any atom is 0.338 e. The lowest BCUT2D eigenvalue weighted by Gasteiger charge is -2.24. The average molecular weight is 579 g/mol. The number of methoxy groups -OCH3 is 1. The predicted molar refractivity (Wildman–Crippen MR) is 145 cm³/mol. The van der Waals surface area contributed by atoms with Crippen molar-refractivity contribution in [1.82, 2.24) is 4.57 Å². The van der Waals surface area contributed by atoms with E-state index in [1.54, 1.807) is 43.7 Å². The van der Waals surface area contributed by atoms with Gasteiger partial charge in [-0.2, -0.15) is 0 Å². The minimum absolute atomic E-state index is 0.216. The van der Waals surface area contributed by atoms with Crippen molar-refractivity contribution in [2.24, 2.45) is 4.99 Å². The molecule has 9 heteroatoms. The topological polar surface area (TPSA) is 83.0 Å². The Morgan fingerprint density at radius 1 is 1.19 bits per heavy atom. The largest absolute Gasteiger partial charge is 0.497 e. The number of halogens is 1. The fourth-order valence-corrected chi connectivity index (χ4v) is 5.68. The summed E-state index contributed by atoms with van der Waals surface area (Å²) in [5.41, 5.74) is 2.26. The van der Waals surface area contributed by atoms with Crippen molar-refractivity contribution >= 4 is 39.3 Å². The van der Waals surface area contributed by atoms with Gasteiger partial charge in [-0.25, -0.2) is 9.79 Å². The van der Waals surface area contributed by atoms with Crippen LogP contribution in [0.1, 0.15) is 31.2 Å². The minimum Gasteiger partial charge on any atom is -0.497 e. The number of hydrogen-bond donors (Lipinski definition) is 0. The van der Waals surface area contributed by atoms with Crippen molar-refractivity contribution < 1.29 is 18.7 Å².